The number of benzene rings is 2. The van der Waals surface area contributed by atoms with Crippen molar-refractivity contribution in [3.05, 3.63) is 137 Å². The molecule has 0 unspecified atom stereocenters. The second-order valence-electron chi connectivity index (χ2n) is 37.6. The van der Waals surface area contributed by atoms with Gasteiger partial charge in [0.05, 0.1) is 101 Å². The SMILES string of the molecule is CO[C@H]1C[C@@H]2CC[C@@H](C)[C@@](O)(O2)C(=O)C(=O)N2CCCC[C@H]2C(=O)O[C@H]([C@H](C)C[C@@H]2CC[C@@H](OC(=O)CCc3cnc(N4CCN(c5ncc(C(=O)NCCOCCOCCOCCOCCC(=O)N6CCc7cc(Cn8nc(-c9ccc%10oc(N)nc%10c9)c9c(N)ncnc98)ccc7C6)c(N)n5)CC4)nc3)[C@H](OC)C2)C[C@@H](OC)[C@H](C)/C=C(\C)[C@@H](O)[C@@H](OC)C(=O)[C@H](C)C[C@H](C)/C=C/C=C/C=C/1C. The van der Waals surface area contributed by atoms with Gasteiger partial charge in [0.15, 0.2) is 17.0 Å². The van der Waals surface area contributed by atoms with Crippen LogP contribution >= 0.6 is 0 Å². The lowest BCUT2D eigenvalue weighted by atomic mass is 9.78. The van der Waals surface area contributed by atoms with Crippen LogP contribution in [0.15, 0.2) is 113 Å². The van der Waals surface area contributed by atoms with E-state index in [1.165, 1.54) is 30.1 Å². The number of fused-ring (bicyclic) bond motifs is 6. The molecule has 754 valence electrons. The molecule has 16 atom stereocenters. The van der Waals surface area contributed by atoms with Gasteiger partial charge >= 0.3 is 11.9 Å². The molecule has 5 aliphatic heterocycles. The number of nitrogen functional groups attached to an aromatic ring is 3. The average molecular weight is 1930 g/mol. The zero-order valence-electron chi connectivity index (χ0n) is 81.9. The number of nitrogens with two attached hydrogens (primary N) is 3. The van der Waals surface area contributed by atoms with E-state index in [9.17, 15) is 39.0 Å². The van der Waals surface area contributed by atoms with Crippen molar-refractivity contribution < 1.29 is 100 Å². The number of carbonyl (C=O) groups excluding carboxylic acids is 7. The van der Waals surface area contributed by atoms with Gasteiger partial charge in [-0.15, -0.1) is 0 Å². The molecule has 38 nitrogen and oxygen atoms in total. The number of ketones is 2. The van der Waals surface area contributed by atoms with Crippen LogP contribution in [0.4, 0.5) is 29.5 Å². The summed E-state index contributed by atoms with van der Waals surface area (Å²) in [5.41, 5.74) is 27.3. The van der Waals surface area contributed by atoms with Gasteiger partial charge in [0.2, 0.25) is 23.6 Å². The van der Waals surface area contributed by atoms with Crippen LogP contribution in [-0.4, -0.2) is 294 Å². The number of nitrogens with zero attached hydrogens (tertiary/aromatic N) is 13. The molecule has 3 amide bonds. The molecule has 38 heteroatoms. The highest BCUT2D eigenvalue weighted by Gasteiger charge is 2.54. The Hall–Kier alpha value is -11.2. The lowest BCUT2D eigenvalue weighted by Gasteiger charge is -2.43. The minimum Gasteiger partial charge on any atom is -0.460 e. The van der Waals surface area contributed by atoms with Crippen molar-refractivity contribution in [3.63, 3.8) is 0 Å². The molecule has 0 spiro atoms. The van der Waals surface area contributed by atoms with E-state index in [1.807, 2.05) is 109 Å². The summed E-state index contributed by atoms with van der Waals surface area (Å²) in [6.45, 7) is 19.7. The fraction of sp³-hybridized carbons (Fsp3) is 0.594. The number of hydrogen-bond acceptors (Lipinski definition) is 34. The third-order valence-electron chi connectivity index (χ3n) is 27.7. The molecule has 2 aromatic carbocycles. The van der Waals surface area contributed by atoms with Gasteiger partial charge in [-0.3, -0.25) is 28.8 Å². The van der Waals surface area contributed by atoms with E-state index < -0.39 is 108 Å². The quantitative estimate of drug-likeness (QED) is 0.00989. The van der Waals surface area contributed by atoms with E-state index in [0.29, 0.717) is 214 Å². The van der Waals surface area contributed by atoms with E-state index >= 15 is 4.79 Å². The Morgan fingerprint density at radius 2 is 1.40 bits per heavy atom. The number of methoxy groups -OCH3 is 4. The summed E-state index contributed by atoms with van der Waals surface area (Å²) in [4.78, 5) is 137. The molecule has 3 saturated heterocycles. The monoisotopic (exact) mass is 1930 g/mol. The van der Waals surface area contributed by atoms with Gasteiger partial charge in [0.25, 0.3) is 23.6 Å². The second kappa shape index (κ2) is 50.3. The average Bonchev–Trinajstić information content (AvgIpc) is 1.60. The number of carbonyl (C=O) groups is 7. The number of piperidine rings is 1. The number of anilines is 5. The number of piperazine rings is 1. The highest BCUT2D eigenvalue weighted by Crippen LogP contribution is 2.41. The largest absolute Gasteiger partial charge is 0.460 e. The Morgan fingerprint density at radius 3 is 2.12 bits per heavy atom. The lowest BCUT2D eigenvalue weighted by Crippen LogP contribution is -2.61. The Bertz CT molecular complexity index is 5450. The number of esters is 2. The number of aryl methyl sites for hydroxylation is 1. The number of rotatable bonds is 32. The topological polar surface area (TPSA) is 486 Å². The van der Waals surface area contributed by atoms with Gasteiger partial charge in [0.1, 0.15) is 59.6 Å². The molecular weight excluding hydrogens is 1790 g/mol. The van der Waals surface area contributed by atoms with Crippen LogP contribution in [0.1, 0.15) is 171 Å². The van der Waals surface area contributed by atoms with E-state index in [2.05, 4.69) is 52.3 Å². The summed E-state index contributed by atoms with van der Waals surface area (Å²) in [6, 6.07) is 10.7. The summed E-state index contributed by atoms with van der Waals surface area (Å²) in [5.74, 6) is -6.96. The predicted octanol–water partition coefficient (Wildman–Crippen LogP) is 9.23. The Morgan fingerprint density at radius 1 is 0.676 bits per heavy atom. The molecule has 10 heterocycles. The summed E-state index contributed by atoms with van der Waals surface area (Å²) >= 11 is 0. The number of Topliss-reactive ketones (excluding diaryl/α,β-unsaturated/α-hetero) is 2. The van der Waals surface area contributed by atoms with Gasteiger partial charge in [-0.25, -0.2) is 34.4 Å². The lowest BCUT2D eigenvalue weighted by molar-refractivity contribution is -0.265. The molecule has 13 rings (SSSR count). The molecule has 4 fully saturated rings. The van der Waals surface area contributed by atoms with Crippen molar-refractivity contribution in [1.82, 2.24) is 59.8 Å². The summed E-state index contributed by atoms with van der Waals surface area (Å²) in [7, 11) is 6.16. The number of nitrogens with one attached hydrogen (secondary N) is 1. The van der Waals surface area contributed by atoms with Gasteiger partial charge < -0.3 is 109 Å². The Balaban J connectivity index is 0.501. The number of ether oxygens (including phenoxy) is 11. The van der Waals surface area contributed by atoms with Gasteiger partial charge in [-0.05, 0) is 160 Å². The van der Waals surface area contributed by atoms with Crippen LogP contribution in [0.3, 0.4) is 0 Å². The second-order valence-corrected chi connectivity index (χ2v) is 37.6. The fourth-order valence-corrected chi connectivity index (χ4v) is 19.5. The van der Waals surface area contributed by atoms with Gasteiger partial charge in [-0.1, -0.05) is 89.3 Å². The Labute approximate surface area is 811 Å². The summed E-state index contributed by atoms with van der Waals surface area (Å²) in [5, 5.41) is 32.5. The van der Waals surface area contributed by atoms with E-state index in [0.717, 1.165) is 27.8 Å². The molecular formula is C101H139N17O21. The number of oxazole rings is 1. The van der Waals surface area contributed by atoms with Gasteiger partial charge in [0, 0.05) is 142 Å². The van der Waals surface area contributed by atoms with Crippen LogP contribution in [0.25, 0.3) is 33.4 Å². The molecule has 6 aliphatic rings. The van der Waals surface area contributed by atoms with Crippen molar-refractivity contribution in [2.45, 2.75) is 225 Å². The summed E-state index contributed by atoms with van der Waals surface area (Å²) in [6.07, 6.45) is 18.7. The minimum atomic E-state index is -2.47. The third kappa shape index (κ3) is 27.6. The first-order chi connectivity index (χ1) is 67.0. The minimum absolute atomic E-state index is 0.00128. The van der Waals surface area contributed by atoms with Crippen LogP contribution < -0.4 is 32.3 Å². The molecule has 139 heavy (non-hydrogen) atoms. The predicted molar refractivity (Wildman–Crippen MR) is 518 cm³/mol. The maximum Gasteiger partial charge on any atom is 0.329 e. The van der Waals surface area contributed by atoms with E-state index in [-0.39, 0.29) is 98.8 Å². The number of aromatic nitrogens is 9. The van der Waals surface area contributed by atoms with Crippen molar-refractivity contribution >= 4 is 92.9 Å². The van der Waals surface area contributed by atoms with Crippen LogP contribution in [0.2, 0.25) is 0 Å². The first kappa shape index (κ1) is 105. The van der Waals surface area contributed by atoms with Crippen molar-refractivity contribution in [2.24, 2.45) is 35.5 Å². The number of amides is 3. The van der Waals surface area contributed by atoms with Gasteiger partial charge in [-0.2, -0.15) is 15.1 Å². The number of allylic oxidation sites excluding steroid dienone is 5. The molecule has 5 aromatic heterocycles. The van der Waals surface area contributed by atoms with E-state index in [4.69, 9.17) is 78.8 Å². The standard InChI is InChI=1S/C101H139N17O21/c1-61-17-13-12-14-18-62(2)80(128-8)53-74-26-20-67(7)101(127,139-74)91(123)96(125)117-33-16-15-19-77(117)97(126)137-82(54-81(129-9)63(3)48-66(6)89(122)90(131-11)88(121)65(5)47-61)64(4)49-68-22-27-79(83(51-68)130-10)136-85(120)29-23-70-55-106-99(107-56-70)114-35-37-115(38-36-114)100-108-57-75(92(102)112-100)95(124)105-32-40-133-42-44-135-46-45-134-43-41-132-39-31-84(119)116-34-30-71-50-69(21-24-73(71)59-116)58-118-94-86(93(103)109-60-110-94)87(113-118)72-25-28-78-76(52-72)111-98(104)138-78/h12-14,17-18,21,24-25,28,48,50,52,55-57,60-61,63-65,67-68,74,77,79-83,89-90,122,127H,15-16,19-20,22-23,26-27,29-47,49,51,53-54,58-59H2,1-11H3,(H2,104,111)(H,105,124)(H2,102,108,112)(H2,103,109,110)/b14-12+,17-13+,62-18+,66-48+/t61-,63-,64-,65-,67-,68+,74+,77+,79-,80+,81-,82+,83-,89-,90+,101-/m1/s1. The molecule has 1 saturated carbocycles. The zero-order chi connectivity index (χ0) is 99.0. The van der Waals surface area contributed by atoms with Crippen molar-refractivity contribution in [3.8, 4) is 11.3 Å². The fourth-order valence-electron chi connectivity index (χ4n) is 19.5. The van der Waals surface area contributed by atoms with Crippen LogP contribution in [0, 0.1) is 35.5 Å². The molecule has 7 aromatic rings. The normalized spacial score (nSPS) is 26.8. The maximum absolute atomic E-state index is 15.0. The van der Waals surface area contributed by atoms with E-state index in [1.54, 1.807) is 53.6 Å². The van der Waals surface area contributed by atoms with Crippen LogP contribution in [-0.2, 0) is 107 Å². The number of cyclic esters (lactones) is 1. The molecule has 9 N–H and O–H groups in total. The number of aliphatic hydroxyl groups excluding tert-OH is 1. The van der Waals surface area contributed by atoms with Crippen LogP contribution in [0.5, 0.6) is 0 Å². The number of aliphatic hydroxyl groups is 2. The molecule has 2 bridgehead atoms. The first-order valence-corrected chi connectivity index (χ1v) is 48.7. The number of hydrogen-bond donors (Lipinski definition) is 6. The molecule has 0 radical (unpaired) electrons. The zero-order valence-corrected chi connectivity index (χ0v) is 81.9. The Kier molecular flexibility index (Phi) is 38.0. The molecule has 1 aliphatic carbocycles. The smallest absolute Gasteiger partial charge is 0.329 e. The summed E-state index contributed by atoms with van der Waals surface area (Å²) < 4.78 is 73.0. The highest BCUT2D eigenvalue weighted by molar-refractivity contribution is 6.39. The first-order valence-electron chi connectivity index (χ1n) is 48.7. The third-order valence-corrected chi connectivity index (χ3v) is 27.7. The highest BCUT2D eigenvalue weighted by atomic mass is 16.6. The van der Waals surface area contributed by atoms with Crippen molar-refractivity contribution in [1.29, 1.82) is 0 Å². The van der Waals surface area contributed by atoms with Crippen molar-refractivity contribution in [2.75, 3.05) is 154 Å². The maximum atomic E-state index is 15.0.